The van der Waals surface area contributed by atoms with Gasteiger partial charge in [0.15, 0.2) is 6.10 Å². The number of ether oxygens (including phenoxy) is 1. The molecular weight excluding hydrogens is 316 g/mol. The molecule has 2 aromatic carbocycles. The van der Waals surface area contributed by atoms with Gasteiger partial charge in [-0.15, -0.1) is 0 Å². The zero-order valence-electron chi connectivity index (χ0n) is 15.1. The van der Waals surface area contributed by atoms with Crippen LogP contribution in [0.5, 0.6) is 5.75 Å². The second kappa shape index (κ2) is 8.33. The van der Waals surface area contributed by atoms with Crippen molar-refractivity contribution in [1.82, 2.24) is 4.90 Å². The number of carbonyl (C=O) groups is 2. The zero-order valence-corrected chi connectivity index (χ0v) is 15.1. The highest BCUT2D eigenvalue weighted by atomic mass is 16.5. The molecule has 5 heteroatoms. The van der Waals surface area contributed by atoms with Gasteiger partial charge in [0, 0.05) is 12.7 Å². The van der Waals surface area contributed by atoms with E-state index >= 15 is 0 Å². The molecular formula is C20H24N2O3. The van der Waals surface area contributed by atoms with Crippen molar-refractivity contribution in [3.8, 4) is 5.75 Å². The number of hydrogen-bond acceptors (Lipinski definition) is 3. The Balaban J connectivity index is 1.88. The number of aryl methyl sites for hydroxylation is 2. The lowest BCUT2D eigenvalue weighted by Crippen LogP contribution is -2.41. The van der Waals surface area contributed by atoms with Gasteiger partial charge in [0.2, 0.25) is 5.91 Å². The van der Waals surface area contributed by atoms with Gasteiger partial charge in [-0.05, 0) is 50.6 Å². The van der Waals surface area contributed by atoms with Crippen LogP contribution in [-0.2, 0) is 9.59 Å². The van der Waals surface area contributed by atoms with E-state index in [0.29, 0.717) is 11.4 Å². The second-order valence-corrected chi connectivity index (χ2v) is 6.19. The molecule has 1 atom stereocenters. The van der Waals surface area contributed by atoms with Gasteiger partial charge < -0.3 is 15.0 Å². The molecule has 0 radical (unpaired) electrons. The molecule has 0 aliphatic carbocycles. The third-order valence-corrected chi connectivity index (χ3v) is 3.74. The van der Waals surface area contributed by atoms with E-state index in [9.17, 15) is 9.59 Å². The number of carbonyl (C=O) groups excluding carboxylic acids is 2. The summed E-state index contributed by atoms with van der Waals surface area (Å²) in [6, 6.07) is 15.0. The lowest BCUT2D eigenvalue weighted by Gasteiger charge is -2.22. The van der Waals surface area contributed by atoms with Crippen LogP contribution in [0, 0.1) is 13.8 Å². The molecule has 2 rings (SSSR count). The first-order chi connectivity index (χ1) is 11.8. The zero-order chi connectivity index (χ0) is 18.4. The molecule has 0 heterocycles. The van der Waals surface area contributed by atoms with Crippen LogP contribution in [0.25, 0.3) is 0 Å². The maximum Gasteiger partial charge on any atom is 0.263 e. The van der Waals surface area contributed by atoms with Crippen molar-refractivity contribution < 1.29 is 14.3 Å². The van der Waals surface area contributed by atoms with Gasteiger partial charge in [-0.1, -0.05) is 29.8 Å². The van der Waals surface area contributed by atoms with Gasteiger partial charge in [0.25, 0.3) is 5.91 Å². The number of amides is 2. The molecule has 2 amide bonds. The highest BCUT2D eigenvalue weighted by Gasteiger charge is 2.21. The van der Waals surface area contributed by atoms with Crippen molar-refractivity contribution in [2.24, 2.45) is 0 Å². The van der Waals surface area contributed by atoms with Gasteiger partial charge >= 0.3 is 0 Å². The van der Waals surface area contributed by atoms with Gasteiger partial charge in [-0.25, -0.2) is 0 Å². The van der Waals surface area contributed by atoms with Crippen LogP contribution in [0.1, 0.15) is 18.1 Å². The smallest absolute Gasteiger partial charge is 0.263 e. The van der Waals surface area contributed by atoms with E-state index in [1.54, 1.807) is 20.0 Å². The Hall–Kier alpha value is -2.82. The summed E-state index contributed by atoms with van der Waals surface area (Å²) in [5, 5.41) is 2.78. The van der Waals surface area contributed by atoms with E-state index in [1.807, 2.05) is 56.3 Å². The molecule has 0 aromatic heterocycles. The number of benzene rings is 2. The fraction of sp³-hybridized carbons (Fsp3) is 0.300. The van der Waals surface area contributed by atoms with Gasteiger partial charge in [0.1, 0.15) is 5.75 Å². The first-order valence-electron chi connectivity index (χ1n) is 8.20. The minimum atomic E-state index is -0.668. The molecule has 0 saturated carbocycles. The second-order valence-electron chi connectivity index (χ2n) is 6.19. The van der Waals surface area contributed by atoms with Gasteiger partial charge in [0.05, 0.1) is 6.54 Å². The number of anilines is 1. The Labute approximate surface area is 148 Å². The summed E-state index contributed by atoms with van der Waals surface area (Å²) in [4.78, 5) is 25.8. The first-order valence-corrected chi connectivity index (χ1v) is 8.20. The van der Waals surface area contributed by atoms with Crippen molar-refractivity contribution in [3.63, 3.8) is 0 Å². The average Bonchev–Trinajstić information content (AvgIpc) is 2.56. The predicted molar refractivity (Wildman–Crippen MR) is 98.7 cm³/mol. The molecule has 0 saturated heterocycles. The van der Waals surface area contributed by atoms with E-state index in [-0.39, 0.29) is 18.4 Å². The lowest BCUT2D eigenvalue weighted by atomic mass is 10.2. The summed E-state index contributed by atoms with van der Waals surface area (Å²) in [7, 11) is 1.59. The molecule has 0 spiro atoms. The fourth-order valence-electron chi connectivity index (χ4n) is 2.38. The first kappa shape index (κ1) is 18.5. The van der Waals surface area contributed by atoms with Crippen molar-refractivity contribution >= 4 is 17.5 Å². The lowest BCUT2D eigenvalue weighted by molar-refractivity contribution is -0.139. The van der Waals surface area contributed by atoms with Crippen molar-refractivity contribution in [2.75, 3.05) is 18.9 Å². The molecule has 1 N–H and O–H groups in total. The maximum absolute atomic E-state index is 12.4. The third-order valence-electron chi connectivity index (χ3n) is 3.74. The Morgan fingerprint density at radius 1 is 1.08 bits per heavy atom. The number of likely N-dealkylation sites (N-methyl/N-ethyl adjacent to an activating group) is 1. The number of nitrogens with zero attached hydrogens (tertiary/aromatic N) is 1. The van der Waals surface area contributed by atoms with Crippen LogP contribution in [0.15, 0.2) is 48.5 Å². The van der Waals surface area contributed by atoms with Crippen LogP contribution in [0.4, 0.5) is 5.69 Å². The van der Waals surface area contributed by atoms with Crippen LogP contribution in [0.3, 0.4) is 0 Å². The quantitative estimate of drug-likeness (QED) is 0.879. The van der Waals surface area contributed by atoms with E-state index in [0.717, 1.165) is 11.1 Å². The predicted octanol–water partition coefficient (Wildman–Crippen LogP) is 3.17. The van der Waals surface area contributed by atoms with Crippen LogP contribution >= 0.6 is 0 Å². The molecule has 0 aliphatic rings. The minimum absolute atomic E-state index is 0.0335. The Morgan fingerprint density at radius 3 is 2.40 bits per heavy atom. The Morgan fingerprint density at radius 2 is 1.76 bits per heavy atom. The normalized spacial score (nSPS) is 11.5. The highest BCUT2D eigenvalue weighted by Crippen LogP contribution is 2.15. The summed E-state index contributed by atoms with van der Waals surface area (Å²) in [5.41, 5.74) is 2.89. The average molecular weight is 340 g/mol. The summed E-state index contributed by atoms with van der Waals surface area (Å²) in [6.07, 6.45) is -0.668. The van der Waals surface area contributed by atoms with E-state index in [4.69, 9.17) is 4.74 Å². The third kappa shape index (κ3) is 5.64. The van der Waals surface area contributed by atoms with E-state index in [2.05, 4.69) is 5.32 Å². The highest BCUT2D eigenvalue weighted by molar-refractivity contribution is 5.95. The molecule has 132 valence electrons. The summed E-state index contributed by atoms with van der Waals surface area (Å²) < 4.78 is 5.67. The summed E-state index contributed by atoms with van der Waals surface area (Å²) in [6.45, 7) is 5.59. The van der Waals surface area contributed by atoms with Gasteiger partial charge in [-0.3, -0.25) is 9.59 Å². The fourth-order valence-corrected chi connectivity index (χ4v) is 2.38. The van der Waals surface area contributed by atoms with E-state index < -0.39 is 6.10 Å². The van der Waals surface area contributed by atoms with Crippen LogP contribution < -0.4 is 10.1 Å². The molecule has 0 aliphatic heterocycles. The number of nitrogens with one attached hydrogen (secondary N) is 1. The molecule has 25 heavy (non-hydrogen) atoms. The van der Waals surface area contributed by atoms with Gasteiger partial charge in [-0.2, -0.15) is 0 Å². The standard InChI is InChI=1S/C20H24N2O3/c1-14-8-10-17(11-9-14)21-19(23)13-22(4)20(24)16(3)25-18-7-5-6-15(2)12-18/h5-12,16H,13H2,1-4H3,(H,21,23)/t16-/m1/s1. The Bertz CT molecular complexity index is 741. The molecule has 5 nitrogen and oxygen atoms in total. The summed E-state index contributed by atoms with van der Waals surface area (Å²) in [5.74, 6) is 0.140. The number of hydrogen-bond donors (Lipinski definition) is 1. The molecule has 0 fully saturated rings. The van der Waals surface area contributed by atoms with E-state index in [1.165, 1.54) is 4.90 Å². The SMILES string of the molecule is Cc1ccc(NC(=O)CN(C)C(=O)[C@@H](C)Oc2cccc(C)c2)cc1. The van der Waals surface area contributed by atoms with Crippen molar-refractivity contribution in [1.29, 1.82) is 0 Å². The van der Waals surface area contributed by atoms with Crippen molar-refractivity contribution in [3.05, 3.63) is 59.7 Å². The largest absolute Gasteiger partial charge is 0.481 e. The topological polar surface area (TPSA) is 58.6 Å². The molecule has 0 bridgehead atoms. The Kier molecular flexibility index (Phi) is 6.17. The maximum atomic E-state index is 12.4. The van der Waals surface area contributed by atoms with Crippen LogP contribution in [0.2, 0.25) is 0 Å². The minimum Gasteiger partial charge on any atom is -0.481 e. The summed E-state index contributed by atoms with van der Waals surface area (Å²) >= 11 is 0. The molecule has 0 unspecified atom stereocenters. The molecule has 2 aromatic rings. The monoisotopic (exact) mass is 340 g/mol. The van der Waals surface area contributed by atoms with Crippen LogP contribution in [-0.4, -0.2) is 36.4 Å². The van der Waals surface area contributed by atoms with Crippen molar-refractivity contribution in [2.45, 2.75) is 26.9 Å². The number of rotatable bonds is 6.